The Morgan fingerprint density at radius 3 is 2.62 bits per heavy atom. The average Bonchev–Trinajstić information content (AvgIpc) is 2.86. The van der Waals surface area contributed by atoms with Gasteiger partial charge >= 0.3 is 10.1 Å². The molecule has 2 fully saturated rings. The highest BCUT2D eigenvalue weighted by Gasteiger charge is 2.50. The maximum Gasteiger partial charge on any atom is 0.306 e. The highest BCUT2D eigenvalue weighted by molar-refractivity contribution is 7.86. The van der Waals surface area contributed by atoms with Crippen molar-refractivity contribution < 1.29 is 17.4 Å². The highest BCUT2D eigenvalue weighted by Crippen LogP contribution is 2.56. The van der Waals surface area contributed by atoms with Crippen LogP contribution in [0.25, 0.3) is 0 Å². The van der Waals surface area contributed by atoms with Crippen molar-refractivity contribution in [3.05, 3.63) is 29.3 Å². The maximum atomic E-state index is 12.2. The molecule has 5 heteroatoms. The van der Waals surface area contributed by atoms with Crippen LogP contribution in [0.1, 0.15) is 49.7 Å². The summed E-state index contributed by atoms with van der Waals surface area (Å²) in [6, 6.07) is 5.73. The molecule has 1 aromatic carbocycles. The molecule has 0 heterocycles. The fourth-order valence-electron chi connectivity index (χ4n) is 5.59. The van der Waals surface area contributed by atoms with Gasteiger partial charge in [0.05, 0.1) is 6.26 Å². The molecule has 0 bridgehead atoms. The quantitative estimate of drug-likeness (QED) is 0.770. The normalized spacial score (nSPS) is 35.1. The van der Waals surface area contributed by atoms with Crippen LogP contribution >= 0.6 is 0 Å². The number of hydrogen-bond donors (Lipinski definition) is 0. The Morgan fingerprint density at radius 1 is 1.12 bits per heavy atom. The summed E-state index contributed by atoms with van der Waals surface area (Å²) in [5.41, 5.74) is 2.56. The average molecular weight is 348 g/mol. The van der Waals surface area contributed by atoms with E-state index in [4.69, 9.17) is 4.18 Å². The van der Waals surface area contributed by atoms with Crippen molar-refractivity contribution in [2.75, 3.05) is 6.26 Å². The second-order valence-corrected chi connectivity index (χ2v) is 9.44. The minimum absolute atomic E-state index is 0.288. The summed E-state index contributed by atoms with van der Waals surface area (Å²) in [7, 11) is -3.49. The van der Waals surface area contributed by atoms with Gasteiger partial charge in [0.25, 0.3) is 0 Å². The predicted molar refractivity (Wildman–Crippen MR) is 91.5 cm³/mol. The first-order chi connectivity index (χ1) is 11.3. The molecule has 2 saturated carbocycles. The number of benzene rings is 1. The summed E-state index contributed by atoms with van der Waals surface area (Å²) in [5, 5.41) is 0. The number of Topliss-reactive ketones (excluding diaryl/α,β-unsaturated/α-hetero) is 1. The molecule has 0 spiro atoms. The Labute approximate surface area is 143 Å². The van der Waals surface area contributed by atoms with Crippen molar-refractivity contribution in [2.24, 2.45) is 23.7 Å². The molecule has 5 atom stereocenters. The molecule has 3 aliphatic rings. The number of carbonyl (C=O) groups is 1. The number of rotatable bonds is 2. The fraction of sp³-hybridized carbons (Fsp3) is 0.632. The van der Waals surface area contributed by atoms with Gasteiger partial charge in [-0.3, -0.25) is 4.79 Å². The third-order valence-corrected chi connectivity index (χ3v) is 6.87. The van der Waals surface area contributed by atoms with Crippen molar-refractivity contribution >= 4 is 15.9 Å². The van der Waals surface area contributed by atoms with Gasteiger partial charge in [0.1, 0.15) is 11.5 Å². The second kappa shape index (κ2) is 5.58. The van der Waals surface area contributed by atoms with E-state index in [0.29, 0.717) is 35.2 Å². The summed E-state index contributed by atoms with van der Waals surface area (Å²) < 4.78 is 27.7. The van der Waals surface area contributed by atoms with Gasteiger partial charge in [-0.25, -0.2) is 0 Å². The van der Waals surface area contributed by atoms with Gasteiger partial charge in [-0.15, -0.1) is 0 Å². The largest absolute Gasteiger partial charge is 0.383 e. The van der Waals surface area contributed by atoms with Crippen LogP contribution < -0.4 is 4.18 Å². The van der Waals surface area contributed by atoms with Crippen molar-refractivity contribution in [2.45, 2.75) is 44.9 Å². The van der Waals surface area contributed by atoms with Crippen LogP contribution in [0, 0.1) is 23.7 Å². The lowest BCUT2D eigenvalue weighted by Crippen LogP contribution is -2.40. The topological polar surface area (TPSA) is 60.4 Å². The molecule has 0 radical (unpaired) electrons. The lowest BCUT2D eigenvalue weighted by Gasteiger charge is -2.47. The summed E-state index contributed by atoms with van der Waals surface area (Å²) in [6.45, 7) is 2.27. The molecule has 4 nitrogen and oxygen atoms in total. The van der Waals surface area contributed by atoms with Gasteiger partial charge < -0.3 is 4.18 Å². The predicted octanol–water partition coefficient (Wildman–Crippen LogP) is 3.31. The van der Waals surface area contributed by atoms with Crippen molar-refractivity contribution in [1.29, 1.82) is 0 Å². The molecule has 0 N–H and O–H groups in total. The third kappa shape index (κ3) is 2.67. The summed E-state index contributed by atoms with van der Waals surface area (Å²) in [4.78, 5) is 12.2. The number of ketones is 1. The molecule has 24 heavy (non-hydrogen) atoms. The number of fused-ring (bicyclic) bond motifs is 5. The Morgan fingerprint density at radius 2 is 1.88 bits per heavy atom. The summed E-state index contributed by atoms with van der Waals surface area (Å²) >= 11 is 0. The minimum atomic E-state index is -3.49. The van der Waals surface area contributed by atoms with Crippen LogP contribution in [-0.4, -0.2) is 20.5 Å². The highest BCUT2D eigenvalue weighted by atomic mass is 32.2. The zero-order chi connectivity index (χ0) is 17.1. The Kier molecular flexibility index (Phi) is 3.75. The van der Waals surface area contributed by atoms with Gasteiger partial charge in [0, 0.05) is 12.3 Å². The molecule has 0 saturated heterocycles. The Balaban J connectivity index is 1.67. The molecule has 0 aromatic heterocycles. The number of hydrogen-bond acceptors (Lipinski definition) is 4. The van der Waals surface area contributed by atoms with Crippen molar-refractivity contribution in [3.8, 4) is 5.75 Å². The third-order valence-electron chi connectivity index (χ3n) is 6.37. The summed E-state index contributed by atoms with van der Waals surface area (Å²) in [5.74, 6) is 3.32. The van der Waals surface area contributed by atoms with E-state index in [1.54, 1.807) is 6.07 Å². The van der Waals surface area contributed by atoms with Crippen molar-refractivity contribution in [1.82, 2.24) is 0 Å². The molecule has 130 valence electrons. The fourth-order valence-corrected chi connectivity index (χ4v) is 6.05. The Hall–Kier alpha value is -1.36. The van der Waals surface area contributed by atoms with Crippen LogP contribution in [-0.2, 0) is 21.3 Å². The zero-order valence-corrected chi connectivity index (χ0v) is 15.0. The second-order valence-electron chi connectivity index (χ2n) is 7.86. The molecular formula is C19H24O4S. The molecule has 0 aliphatic heterocycles. The molecular weight excluding hydrogens is 324 g/mol. The van der Waals surface area contributed by atoms with Gasteiger partial charge in [-0.05, 0) is 72.6 Å². The molecule has 3 aliphatic carbocycles. The van der Waals surface area contributed by atoms with E-state index in [1.807, 2.05) is 6.07 Å². The van der Waals surface area contributed by atoms with Crippen LogP contribution in [0.4, 0.5) is 0 Å². The first-order valence-electron chi connectivity index (χ1n) is 8.88. The number of aryl methyl sites for hydroxylation is 1. The van der Waals surface area contributed by atoms with Gasteiger partial charge in [0.15, 0.2) is 0 Å². The van der Waals surface area contributed by atoms with Gasteiger partial charge in [0.2, 0.25) is 0 Å². The lowest BCUT2D eigenvalue weighted by atomic mass is 9.57. The molecule has 4 rings (SSSR count). The first kappa shape index (κ1) is 16.1. The SMILES string of the molecule is C[C@H]1C[C@@H]2C(=O)CC[C@H]2[C@@H]2CCc3cc(OS(C)(=O)=O)ccc3[C@H]21. The summed E-state index contributed by atoms with van der Waals surface area (Å²) in [6.07, 6.45) is 5.94. The molecule has 0 amide bonds. The molecule has 0 unspecified atom stereocenters. The first-order valence-corrected chi connectivity index (χ1v) is 10.7. The van der Waals surface area contributed by atoms with Crippen LogP contribution in [0.15, 0.2) is 18.2 Å². The zero-order valence-electron chi connectivity index (χ0n) is 14.2. The van der Waals surface area contributed by atoms with E-state index >= 15 is 0 Å². The van der Waals surface area contributed by atoms with Crippen LogP contribution in [0.3, 0.4) is 0 Å². The van der Waals surface area contributed by atoms with Crippen molar-refractivity contribution in [3.63, 3.8) is 0 Å². The standard InChI is InChI=1S/C19H24O4S/c1-11-9-17-15(7-8-18(17)20)16-5-3-12-10-13(23-24(2,21)22)4-6-14(12)19(11)16/h4,6,10-11,15-17,19H,3,5,7-9H2,1-2H3/t11-,15-,16-,17-,19+/m0/s1. The monoisotopic (exact) mass is 348 g/mol. The van der Waals surface area contributed by atoms with E-state index in [-0.39, 0.29) is 5.92 Å². The Bertz CT molecular complexity index is 783. The smallest absolute Gasteiger partial charge is 0.306 e. The van der Waals surface area contributed by atoms with E-state index < -0.39 is 10.1 Å². The lowest BCUT2D eigenvalue weighted by molar-refractivity contribution is -0.123. The number of carbonyl (C=O) groups excluding carboxylic acids is 1. The van der Waals surface area contributed by atoms with Gasteiger partial charge in [-0.2, -0.15) is 8.42 Å². The van der Waals surface area contributed by atoms with E-state index in [2.05, 4.69) is 13.0 Å². The van der Waals surface area contributed by atoms with Crippen LogP contribution in [0.2, 0.25) is 0 Å². The van der Waals surface area contributed by atoms with E-state index in [0.717, 1.165) is 38.4 Å². The van der Waals surface area contributed by atoms with E-state index in [9.17, 15) is 13.2 Å². The van der Waals surface area contributed by atoms with Crippen LogP contribution in [0.5, 0.6) is 5.75 Å². The minimum Gasteiger partial charge on any atom is -0.383 e. The van der Waals surface area contributed by atoms with E-state index in [1.165, 1.54) is 11.1 Å². The maximum absolute atomic E-state index is 12.2. The molecule has 1 aromatic rings. The van der Waals surface area contributed by atoms with Gasteiger partial charge in [-0.1, -0.05) is 13.0 Å².